The number of nitrogens with one attached hydrogen (secondary N) is 1. The fourth-order valence-electron chi connectivity index (χ4n) is 2.73. The van der Waals surface area contributed by atoms with Gasteiger partial charge >= 0.3 is 0 Å². The Morgan fingerprint density at radius 2 is 2.05 bits per heavy atom. The van der Waals surface area contributed by atoms with Crippen LogP contribution >= 0.6 is 0 Å². The molecule has 2 rings (SSSR count). The van der Waals surface area contributed by atoms with E-state index in [1.807, 2.05) is 6.92 Å². The quantitative estimate of drug-likeness (QED) is 0.798. The Labute approximate surface area is 128 Å². The van der Waals surface area contributed by atoms with Crippen LogP contribution in [0.4, 0.5) is 5.69 Å². The van der Waals surface area contributed by atoms with E-state index in [1.165, 1.54) is 12.0 Å². The van der Waals surface area contributed by atoms with Crippen LogP contribution in [0.5, 0.6) is 11.5 Å². The third-order valence-corrected chi connectivity index (χ3v) is 3.91. The molecule has 1 N–H and O–H groups in total. The van der Waals surface area contributed by atoms with E-state index in [4.69, 9.17) is 9.47 Å². The van der Waals surface area contributed by atoms with Gasteiger partial charge in [0.05, 0.1) is 12.3 Å². The first-order chi connectivity index (χ1) is 10.3. The Balaban J connectivity index is 2.04. The van der Waals surface area contributed by atoms with E-state index in [0.717, 1.165) is 49.8 Å². The van der Waals surface area contributed by atoms with Crippen LogP contribution in [-0.2, 0) is 6.42 Å². The number of ether oxygens (including phenoxy) is 2. The van der Waals surface area contributed by atoms with Gasteiger partial charge in [-0.1, -0.05) is 13.8 Å². The Bertz CT molecular complexity index is 445. The molecule has 0 unspecified atom stereocenters. The highest BCUT2D eigenvalue weighted by molar-refractivity contribution is 5.66. The van der Waals surface area contributed by atoms with Crippen molar-refractivity contribution in [1.29, 1.82) is 0 Å². The zero-order valence-electron chi connectivity index (χ0n) is 13.6. The van der Waals surface area contributed by atoms with Crippen LogP contribution in [0.25, 0.3) is 0 Å². The maximum Gasteiger partial charge on any atom is 0.184 e. The molecule has 0 spiro atoms. The molecule has 0 saturated carbocycles. The molecule has 0 atom stereocenters. The molecule has 1 aromatic rings. The highest BCUT2D eigenvalue weighted by Crippen LogP contribution is 2.38. The van der Waals surface area contributed by atoms with Gasteiger partial charge in [-0.05, 0) is 57.1 Å². The first-order valence-electron chi connectivity index (χ1n) is 8.17. The topological polar surface area (TPSA) is 33.7 Å². The number of hydrogen-bond acceptors (Lipinski definition) is 4. The van der Waals surface area contributed by atoms with Gasteiger partial charge in [0.15, 0.2) is 11.5 Å². The van der Waals surface area contributed by atoms with Gasteiger partial charge in [0.25, 0.3) is 0 Å². The van der Waals surface area contributed by atoms with Crippen LogP contribution in [0.2, 0.25) is 0 Å². The molecule has 1 aliphatic rings. The maximum absolute atomic E-state index is 5.74. The van der Waals surface area contributed by atoms with Gasteiger partial charge in [-0.15, -0.1) is 0 Å². The zero-order valence-corrected chi connectivity index (χ0v) is 13.6. The molecule has 4 nitrogen and oxygen atoms in total. The number of hydrogen-bond donors (Lipinski definition) is 1. The second-order valence-electron chi connectivity index (χ2n) is 5.31. The van der Waals surface area contributed by atoms with Gasteiger partial charge < -0.3 is 19.7 Å². The average Bonchev–Trinajstić information content (AvgIpc) is 2.52. The third-order valence-electron chi connectivity index (χ3n) is 3.91. The lowest BCUT2D eigenvalue weighted by Gasteiger charge is -2.23. The van der Waals surface area contributed by atoms with Crippen LogP contribution in [-0.4, -0.2) is 44.3 Å². The number of aryl methyl sites for hydroxylation is 1. The number of rotatable bonds is 8. The summed E-state index contributed by atoms with van der Waals surface area (Å²) in [5, 5.41) is 3.41. The summed E-state index contributed by atoms with van der Waals surface area (Å²) in [4.78, 5) is 2.46. The molecule has 0 aromatic heterocycles. The molecule has 0 aliphatic carbocycles. The molecule has 1 heterocycles. The van der Waals surface area contributed by atoms with Crippen molar-refractivity contribution < 1.29 is 9.47 Å². The van der Waals surface area contributed by atoms with E-state index in [1.54, 1.807) is 0 Å². The van der Waals surface area contributed by atoms with Crippen LogP contribution in [0.1, 0.15) is 32.8 Å². The van der Waals surface area contributed by atoms with Gasteiger partial charge in [-0.2, -0.15) is 0 Å². The van der Waals surface area contributed by atoms with Gasteiger partial charge in [-0.25, -0.2) is 0 Å². The molecule has 1 aromatic carbocycles. The van der Waals surface area contributed by atoms with E-state index >= 15 is 0 Å². The molecule has 0 fully saturated rings. The first kappa shape index (κ1) is 16.0. The maximum atomic E-state index is 5.74. The molecule has 118 valence electrons. The van der Waals surface area contributed by atoms with Gasteiger partial charge in [0.2, 0.25) is 0 Å². The van der Waals surface area contributed by atoms with E-state index in [0.29, 0.717) is 13.2 Å². The summed E-state index contributed by atoms with van der Waals surface area (Å²) in [5.74, 6) is 1.75. The summed E-state index contributed by atoms with van der Waals surface area (Å²) in [7, 11) is 0. The third kappa shape index (κ3) is 4.27. The Kier molecular flexibility index (Phi) is 6.18. The second-order valence-corrected chi connectivity index (χ2v) is 5.31. The lowest BCUT2D eigenvalue weighted by atomic mass is 10.1. The molecule has 21 heavy (non-hydrogen) atoms. The predicted molar refractivity (Wildman–Crippen MR) is 87.7 cm³/mol. The predicted octanol–water partition coefficient (Wildman–Crippen LogP) is 3.16. The van der Waals surface area contributed by atoms with Crippen LogP contribution < -0.4 is 14.8 Å². The van der Waals surface area contributed by atoms with Crippen molar-refractivity contribution >= 4 is 5.69 Å². The van der Waals surface area contributed by atoms with Crippen molar-refractivity contribution in [3.05, 3.63) is 17.7 Å². The van der Waals surface area contributed by atoms with Crippen molar-refractivity contribution in [2.24, 2.45) is 0 Å². The molecule has 1 aliphatic heterocycles. The highest BCUT2D eigenvalue weighted by Gasteiger charge is 2.17. The largest absolute Gasteiger partial charge is 0.490 e. The molecule has 0 saturated heterocycles. The van der Waals surface area contributed by atoms with Crippen LogP contribution in [0, 0.1) is 0 Å². The van der Waals surface area contributed by atoms with Gasteiger partial charge in [-0.3, -0.25) is 0 Å². The van der Waals surface area contributed by atoms with E-state index in [9.17, 15) is 0 Å². The number of benzene rings is 1. The minimum absolute atomic E-state index is 0.665. The van der Waals surface area contributed by atoms with Crippen molar-refractivity contribution in [2.75, 3.05) is 44.7 Å². The average molecular weight is 292 g/mol. The smallest absolute Gasteiger partial charge is 0.184 e. The van der Waals surface area contributed by atoms with Crippen LogP contribution in [0.15, 0.2) is 12.1 Å². The molecular weight excluding hydrogens is 264 g/mol. The first-order valence-corrected chi connectivity index (χ1v) is 8.17. The van der Waals surface area contributed by atoms with E-state index < -0.39 is 0 Å². The summed E-state index contributed by atoms with van der Waals surface area (Å²) in [5.41, 5.74) is 2.40. The zero-order chi connectivity index (χ0) is 15.1. The van der Waals surface area contributed by atoms with Gasteiger partial charge in [0, 0.05) is 6.54 Å². The molecule has 0 radical (unpaired) electrons. The van der Waals surface area contributed by atoms with Crippen LogP contribution in [0.3, 0.4) is 0 Å². The SMILES string of the molecule is CCOc1cc(CCCN(CC)CC)cc2c1OCCN2. The summed E-state index contributed by atoms with van der Waals surface area (Å²) >= 11 is 0. The van der Waals surface area contributed by atoms with Crippen molar-refractivity contribution in [3.63, 3.8) is 0 Å². The second kappa shape index (κ2) is 8.13. The lowest BCUT2D eigenvalue weighted by molar-refractivity contribution is 0.278. The Hall–Kier alpha value is -1.42. The number of nitrogens with zero attached hydrogens (tertiary/aromatic N) is 1. The van der Waals surface area contributed by atoms with E-state index in [2.05, 4.69) is 36.2 Å². The lowest BCUT2D eigenvalue weighted by Crippen LogP contribution is -2.24. The number of fused-ring (bicyclic) bond motifs is 1. The normalized spacial score (nSPS) is 13.5. The van der Waals surface area contributed by atoms with Crippen molar-refractivity contribution in [1.82, 2.24) is 4.90 Å². The summed E-state index contributed by atoms with van der Waals surface area (Å²) in [6, 6.07) is 4.34. The summed E-state index contributed by atoms with van der Waals surface area (Å²) in [6.07, 6.45) is 2.25. The fourth-order valence-corrected chi connectivity index (χ4v) is 2.73. The standard InChI is InChI=1S/C17H28N2O2/c1-4-19(5-2)10-7-8-14-12-15-17(21-11-9-18-15)16(13-14)20-6-3/h12-13,18H,4-11H2,1-3H3. The van der Waals surface area contributed by atoms with Gasteiger partial charge in [0.1, 0.15) is 6.61 Å². The monoisotopic (exact) mass is 292 g/mol. The minimum Gasteiger partial charge on any atom is -0.490 e. The fraction of sp³-hybridized carbons (Fsp3) is 0.647. The molecular formula is C17H28N2O2. The Morgan fingerprint density at radius 3 is 2.76 bits per heavy atom. The summed E-state index contributed by atoms with van der Waals surface area (Å²) in [6.45, 7) is 12.1. The minimum atomic E-state index is 0.665. The van der Waals surface area contributed by atoms with Crippen molar-refractivity contribution in [3.8, 4) is 11.5 Å². The molecule has 0 amide bonds. The Morgan fingerprint density at radius 1 is 1.24 bits per heavy atom. The molecule has 0 bridgehead atoms. The summed E-state index contributed by atoms with van der Waals surface area (Å²) < 4.78 is 11.5. The highest BCUT2D eigenvalue weighted by atomic mass is 16.5. The van der Waals surface area contributed by atoms with Crippen molar-refractivity contribution in [2.45, 2.75) is 33.6 Å². The molecule has 4 heteroatoms. The number of anilines is 1. The van der Waals surface area contributed by atoms with E-state index in [-0.39, 0.29) is 0 Å².